The van der Waals surface area contributed by atoms with Crippen LogP contribution in [0.4, 0.5) is 0 Å². The third-order valence-corrected chi connectivity index (χ3v) is 5.17. The molecule has 1 heterocycles. The van der Waals surface area contributed by atoms with Crippen molar-refractivity contribution in [2.75, 3.05) is 20.2 Å². The lowest BCUT2D eigenvalue weighted by Crippen LogP contribution is -2.31. The van der Waals surface area contributed by atoms with Crippen LogP contribution in [0.5, 0.6) is 5.75 Å². The molecule has 0 spiro atoms. The van der Waals surface area contributed by atoms with E-state index in [-0.39, 0.29) is 0 Å². The van der Waals surface area contributed by atoms with Crippen LogP contribution in [0, 0.1) is 18.3 Å². The van der Waals surface area contributed by atoms with E-state index in [2.05, 4.69) is 36.9 Å². The minimum atomic E-state index is 0.762. The molecule has 0 amide bonds. The van der Waals surface area contributed by atoms with Crippen molar-refractivity contribution in [2.24, 2.45) is 0 Å². The summed E-state index contributed by atoms with van der Waals surface area (Å²) in [6.07, 6.45) is 4.81. The molecule has 0 atom stereocenters. The maximum atomic E-state index is 8.47. The van der Waals surface area contributed by atoms with Gasteiger partial charge >= 0.3 is 0 Å². The monoisotopic (exact) mass is 454 g/mol. The van der Waals surface area contributed by atoms with Crippen LogP contribution in [0.25, 0.3) is 0 Å². The maximum Gasteiger partial charge on any atom is 0.122 e. The van der Waals surface area contributed by atoms with Crippen molar-refractivity contribution in [2.45, 2.75) is 66.8 Å². The number of hydrogen-bond donors (Lipinski definition) is 0. The van der Waals surface area contributed by atoms with Crippen molar-refractivity contribution in [3.63, 3.8) is 0 Å². The van der Waals surface area contributed by atoms with Gasteiger partial charge in [-0.05, 0) is 67.1 Å². The van der Waals surface area contributed by atoms with Crippen molar-refractivity contribution < 1.29 is 14.3 Å². The third-order valence-electron chi connectivity index (χ3n) is 5.17. The van der Waals surface area contributed by atoms with Crippen LogP contribution >= 0.6 is 0 Å². The first kappa shape index (κ1) is 32.2. The van der Waals surface area contributed by atoms with E-state index in [9.17, 15) is 0 Å². The number of nitrogens with zero attached hydrogens (tertiary/aromatic N) is 2. The van der Waals surface area contributed by atoms with Crippen LogP contribution in [0.3, 0.4) is 0 Å². The smallest absolute Gasteiger partial charge is 0.122 e. The highest BCUT2D eigenvalue weighted by Gasteiger charge is 2.17. The zero-order valence-corrected chi connectivity index (χ0v) is 21.4. The molecule has 0 saturated heterocycles. The Morgan fingerprint density at radius 3 is 2.18 bits per heavy atom. The van der Waals surface area contributed by atoms with Crippen LogP contribution in [0.1, 0.15) is 68.4 Å². The summed E-state index contributed by atoms with van der Waals surface area (Å²) in [5, 5.41) is 8.47. The molecule has 2 aromatic rings. The fraction of sp³-hybridized carbons (Fsp3) is 0.464. The molecule has 5 heteroatoms. The summed E-state index contributed by atoms with van der Waals surface area (Å²) in [4.78, 5) is 18.6. The highest BCUT2D eigenvalue weighted by molar-refractivity contribution is 5.44. The lowest BCUT2D eigenvalue weighted by molar-refractivity contribution is -0.0987. The van der Waals surface area contributed by atoms with Crippen molar-refractivity contribution >= 4 is 13.6 Å². The molecular formula is C28H42N2O3. The summed E-state index contributed by atoms with van der Waals surface area (Å²) >= 11 is 0. The molecule has 0 saturated carbocycles. The Hall–Kier alpha value is -2.97. The Bertz CT molecular complexity index is 813. The lowest BCUT2D eigenvalue weighted by Gasteiger charge is -2.29. The van der Waals surface area contributed by atoms with Gasteiger partial charge in [0.05, 0.1) is 18.7 Å². The second-order valence-corrected chi connectivity index (χ2v) is 7.09. The Morgan fingerprint density at radius 1 is 1.06 bits per heavy atom. The Labute approximate surface area is 201 Å². The van der Waals surface area contributed by atoms with E-state index in [4.69, 9.17) is 19.6 Å². The van der Waals surface area contributed by atoms with Gasteiger partial charge in [0.1, 0.15) is 19.3 Å². The van der Waals surface area contributed by atoms with Crippen molar-refractivity contribution in [1.29, 1.82) is 5.26 Å². The van der Waals surface area contributed by atoms with Crippen LogP contribution in [-0.4, -0.2) is 38.7 Å². The summed E-state index contributed by atoms with van der Waals surface area (Å²) < 4.78 is 5.48. The van der Waals surface area contributed by atoms with E-state index in [1.54, 1.807) is 7.11 Å². The van der Waals surface area contributed by atoms with Crippen molar-refractivity contribution in [3.05, 3.63) is 64.2 Å². The van der Waals surface area contributed by atoms with Gasteiger partial charge in [0, 0.05) is 13.1 Å². The second kappa shape index (κ2) is 20.9. The number of methoxy groups -OCH3 is 1. The highest BCUT2D eigenvalue weighted by atomic mass is 16.5. The fourth-order valence-corrected chi connectivity index (χ4v) is 3.43. The second-order valence-electron chi connectivity index (χ2n) is 7.09. The van der Waals surface area contributed by atoms with Gasteiger partial charge in [0.15, 0.2) is 0 Å². The molecule has 0 aromatic heterocycles. The maximum absolute atomic E-state index is 8.47. The van der Waals surface area contributed by atoms with E-state index in [1.807, 2.05) is 58.6 Å². The summed E-state index contributed by atoms with van der Waals surface area (Å²) in [5.41, 5.74) is 6.14. The van der Waals surface area contributed by atoms with Crippen LogP contribution in [0.15, 0.2) is 36.4 Å². The fourth-order valence-electron chi connectivity index (χ4n) is 3.43. The molecule has 33 heavy (non-hydrogen) atoms. The van der Waals surface area contributed by atoms with Gasteiger partial charge < -0.3 is 14.3 Å². The standard InChI is InChI=1S/C16H25NO.C8H7N.C2H6.2CH2O/c1-4-6-8-17-9-7-14-11-16(18-3)13(5-2)10-15(14)12-17;1-7-4-2-3-5-8(7)6-9;3*1-2/h10-11H,4-9,12H2,1-3H3;2-5H,1H3;1-2H3;2*1H2. The Kier molecular flexibility index (Phi) is 20.4. The summed E-state index contributed by atoms with van der Waals surface area (Å²) in [7, 11) is 1.78. The van der Waals surface area contributed by atoms with E-state index in [1.165, 1.54) is 49.0 Å². The molecule has 0 N–H and O–H groups in total. The molecule has 3 rings (SSSR count). The summed E-state index contributed by atoms with van der Waals surface area (Å²) in [6.45, 7) is 17.9. The van der Waals surface area contributed by atoms with Crippen LogP contribution < -0.4 is 4.74 Å². The minimum absolute atomic E-state index is 0.762. The zero-order chi connectivity index (χ0) is 25.6. The SMILES string of the molecule is C=O.C=O.CC.CCCCN1CCc2cc(OC)c(CC)cc2C1.Cc1ccccc1C#N. The molecule has 2 aromatic carbocycles. The number of hydrogen-bond acceptors (Lipinski definition) is 5. The first-order chi connectivity index (χ1) is 16.1. The number of carbonyl (C=O) groups is 2. The molecular weight excluding hydrogens is 412 g/mol. The average molecular weight is 455 g/mol. The zero-order valence-electron chi connectivity index (χ0n) is 21.4. The number of unbranched alkanes of at least 4 members (excludes halogenated alkanes) is 1. The molecule has 0 aliphatic carbocycles. The van der Waals surface area contributed by atoms with E-state index in [0.29, 0.717) is 0 Å². The number of benzene rings is 2. The van der Waals surface area contributed by atoms with Gasteiger partial charge in [0.2, 0.25) is 0 Å². The molecule has 0 radical (unpaired) electrons. The van der Waals surface area contributed by atoms with Gasteiger partial charge in [-0.15, -0.1) is 0 Å². The topological polar surface area (TPSA) is 70.4 Å². The number of fused-ring (bicyclic) bond motifs is 1. The quantitative estimate of drug-likeness (QED) is 0.559. The van der Waals surface area contributed by atoms with Crippen LogP contribution in [-0.2, 0) is 29.0 Å². The van der Waals surface area contributed by atoms with Crippen LogP contribution in [0.2, 0.25) is 0 Å². The molecule has 1 aliphatic heterocycles. The molecule has 1 aliphatic rings. The number of aryl methyl sites for hydroxylation is 2. The van der Waals surface area contributed by atoms with E-state index < -0.39 is 0 Å². The molecule has 5 nitrogen and oxygen atoms in total. The molecule has 0 fully saturated rings. The van der Waals surface area contributed by atoms with E-state index in [0.717, 1.165) is 29.8 Å². The number of rotatable bonds is 5. The minimum Gasteiger partial charge on any atom is -0.496 e. The Morgan fingerprint density at radius 2 is 1.70 bits per heavy atom. The molecule has 0 bridgehead atoms. The van der Waals surface area contributed by atoms with Gasteiger partial charge in [-0.2, -0.15) is 5.26 Å². The highest BCUT2D eigenvalue weighted by Crippen LogP contribution is 2.28. The van der Waals surface area contributed by atoms with Gasteiger partial charge in [-0.3, -0.25) is 4.90 Å². The Balaban J connectivity index is 0. The normalized spacial score (nSPS) is 11.2. The first-order valence-corrected chi connectivity index (χ1v) is 11.6. The average Bonchev–Trinajstić information content (AvgIpc) is 2.90. The number of ether oxygens (including phenoxy) is 1. The van der Waals surface area contributed by atoms with Crippen molar-refractivity contribution in [1.82, 2.24) is 4.90 Å². The van der Waals surface area contributed by atoms with Crippen molar-refractivity contribution in [3.8, 4) is 11.8 Å². The first-order valence-electron chi connectivity index (χ1n) is 11.6. The summed E-state index contributed by atoms with van der Waals surface area (Å²) in [5.74, 6) is 1.07. The number of carbonyl (C=O) groups excluding carboxylic acids is 2. The summed E-state index contributed by atoms with van der Waals surface area (Å²) in [6, 6.07) is 14.2. The van der Waals surface area contributed by atoms with Gasteiger partial charge in [-0.1, -0.05) is 58.4 Å². The molecule has 182 valence electrons. The molecule has 0 unspecified atom stereocenters. The van der Waals surface area contributed by atoms with Gasteiger partial charge in [-0.25, -0.2) is 0 Å². The third kappa shape index (κ3) is 11.5. The lowest BCUT2D eigenvalue weighted by atomic mass is 9.95. The number of nitriles is 1. The predicted molar refractivity (Wildman–Crippen MR) is 138 cm³/mol. The van der Waals surface area contributed by atoms with Gasteiger partial charge in [0.25, 0.3) is 0 Å². The van der Waals surface area contributed by atoms with E-state index >= 15 is 0 Å². The predicted octanol–water partition coefficient (Wildman–Crippen LogP) is 5.94. The largest absolute Gasteiger partial charge is 0.496 e.